The van der Waals surface area contributed by atoms with Gasteiger partial charge in [-0.25, -0.2) is 9.13 Å². The Morgan fingerprint density at radius 1 is 0.533 bits per heavy atom. The Morgan fingerprint density at radius 2 is 0.900 bits per heavy atom. The van der Waals surface area contributed by atoms with Crippen LogP contribution in [-0.2, 0) is 13.1 Å². The molecule has 0 fully saturated rings. The smallest absolute Gasteiger partial charge is 0.173 e. The van der Waals surface area contributed by atoms with E-state index >= 15 is 0 Å². The summed E-state index contributed by atoms with van der Waals surface area (Å²) < 4.78 is 4.50. The molecule has 4 heteroatoms. The van der Waals surface area contributed by atoms with Crippen molar-refractivity contribution in [3.8, 4) is 11.1 Å². The Kier molecular flexibility index (Phi) is 8.58. The fraction of sp³-hybridized carbons (Fsp3) is 0.154. The molecule has 0 aliphatic carbocycles. The van der Waals surface area contributed by atoms with Crippen LogP contribution in [0.2, 0.25) is 0 Å². The minimum Gasteiger partial charge on any atom is -1.00 e. The van der Waals surface area contributed by atoms with E-state index in [2.05, 4.69) is 121 Å². The van der Waals surface area contributed by atoms with E-state index in [0.717, 1.165) is 13.1 Å². The minimum atomic E-state index is 0. The van der Waals surface area contributed by atoms with E-state index in [0.29, 0.717) is 0 Å². The highest BCUT2D eigenvalue weighted by Gasteiger charge is 2.13. The molecule has 0 bridgehead atoms. The Morgan fingerprint density at radius 3 is 1.23 bits per heavy atom. The van der Waals surface area contributed by atoms with E-state index in [9.17, 15) is 0 Å². The maximum atomic E-state index is 2.25. The van der Waals surface area contributed by atoms with Gasteiger partial charge in [0, 0.05) is 34.4 Å². The molecule has 0 saturated heterocycles. The van der Waals surface area contributed by atoms with E-state index in [1.54, 1.807) is 0 Å². The molecule has 2 aromatic heterocycles. The SMILES string of the molecule is Cc1c[n+](Cc2ccccc2)ccc1-c1cc[n+](Cc2ccccc2)cc1C.[Cl-].[Cl-]. The van der Waals surface area contributed by atoms with Crippen molar-refractivity contribution in [1.82, 2.24) is 0 Å². The molecule has 0 aliphatic heterocycles. The zero-order valence-corrected chi connectivity index (χ0v) is 18.8. The lowest BCUT2D eigenvalue weighted by molar-refractivity contribution is -0.688. The van der Waals surface area contributed by atoms with Crippen LogP contribution in [0.25, 0.3) is 11.1 Å². The van der Waals surface area contributed by atoms with Gasteiger partial charge in [-0.15, -0.1) is 0 Å². The van der Waals surface area contributed by atoms with Crippen molar-refractivity contribution >= 4 is 0 Å². The molecule has 0 aliphatic rings. The van der Waals surface area contributed by atoms with Gasteiger partial charge in [0.2, 0.25) is 0 Å². The Bertz CT molecular complexity index is 992. The average Bonchev–Trinajstić information content (AvgIpc) is 2.71. The van der Waals surface area contributed by atoms with Crippen LogP contribution in [-0.4, -0.2) is 0 Å². The number of benzene rings is 2. The number of hydrogen-bond acceptors (Lipinski definition) is 0. The maximum absolute atomic E-state index is 2.25. The van der Waals surface area contributed by atoms with Gasteiger partial charge in [0.15, 0.2) is 37.9 Å². The van der Waals surface area contributed by atoms with Crippen molar-refractivity contribution in [3.05, 3.63) is 120 Å². The van der Waals surface area contributed by atoms with Crippen LogP contribution >= 0.6 is 0 Å². The van der Waals surface area contributed by atoms with Gasteiger partial charge in [0.05, 0.1) is 0 Å². The molecule has 4 rings (SSSR count). The fourth-order valence-electron chi connectivity index (χ4n) is 3.72. The monoisotopic (exact) mass is 436 g/mol. The van der Waals surface area contributed by atoms with Crippen molar-refractivity contribution in [1.29, 1.82) is 0 Å². The van der Waals surface area contributed by atoms with Gasteiger partial charge in [0.25, 0.3) is 0 Å². The topological polar surface area (TPSA) is 7.76 Å². The van der Waals surface area contributed by atoms with Crippen LogP contribution < -0.4 is 33.9 Å². The van der Waals surface area contributed by atoms with E-state index < -0.39 is 0 Å². The molecule has 2 nitrogen and oxygen atoms in total. The standard InChI is InChI=1S/C26H26N2.2ClH/c1-21-17-27(19-23-9-5-3-6-10-23)15-13-25(21)26-14-16-28(18-22(26)2)20-24-11-7-4-8-12-24;;/h3-18H,19-20H2,1-2H3;2*1H/q+2;;/p-2. The summed E-state index contributed by atoms with van der Waals surface area (Å²) in [4.78, 5) is 0. The predicted octanol–water partition coefficient (Wildman–Crippen LogP) is -1.35. The number of nitrogens with zero attached hydrogens (tertiary/aromatic N) is 2. The highest BCUT2D eigenvalue weighted by Crippen LogP contribution is 2.24. The van der Waals surface area contributed by atoms with Crippen LogP contribution in [0.4, 0.5) is 0 Å². The van der Waals surface area contributed by atoms with Gasteiger partial charge >= 0.3 is 0 Å². The highest BCUT2D eigenvalue weighted by atomic mass is 35.5. The summed E-state index contributed by atoms with van der Waals surface area (Å²) in [6, 6.07) is 25.6. The number of rotatable bonds is 5. The molecule has 0 radical (unpaired) electrons. The number of aromatic nitrogens is 2. The maximum Gasteiger partial charge on any atom is 0.173 e. The van der Waals surface area contributed by atoms with Crippen molar-refractivity contribution in [2.24, 2.45) is 0 Å². The summed E-state index contributed by atoms with van der Waals surface area (Å²) in [5.74, 6) is 0. The third-order valence-electron chi connectivity index (χ3n) is 5.14. The van der Waals surface area contributed by atoms with Crippen LogP contribution in [0.3, 0.4) is 0 Å². The van der Waals surface area contributed by atoms with Crippen molar-refractivity contribution in [2.45, 2.75) is 26.9 Å². The quantitative estimate of drug-likeness (QED) is 0.342. The molecule has 0 saturated carbocycles. The second kappa shape index (κ2) is 10.9. The highest BCUT2D eigenvalue weighted by molar-refractivity contribution is 5.68. The number of aryl methyl sites for hydroxylation is 2. The lowest BCUT2D eigenvalue weighted by atomic mass is 9.99. The normalized spacial score (nSPS) is 10.1. The number of pyridine rings is 2. The lowest BCUT2D eigenvalue weighted by Gasteiger charge is -2.08. The molecule has 0 atom stereocenters. The van der Waals surface area contributed by atoms with Crippen LogP contribution in [0.1, 0.15) is 22.3 Å². The number of halogens is 2. The van der Waals surface area contributed by atoms with Gasteiger partial charge in [-0.1, -0.05) is 60.7 Å². The Hall–Kier alpha value is -2.68. The summed E-state index contributed by atoms with van der Waals surface area (Å²) in [7, 11) is 0. The average molecular weight is 437 g/mol. The van der Waals surface area contributed by atoms with Gasteiger partial charge in [-0.2, -0.15) is 0 Å². The van der Waals surface area contributed by atoms with Gasteiger partial charge in [-0.3, -0.25) is 0 Å². The number of hydrogen-bond donors (Lipinski definition) is 0. The first-order chi connectivity index (χ1) is 13.7. The third-order valence-corrected chi connectivity index (χ3v) is 5.14. The lowest BCUT2D eigenvalue weighted by Crippen LogP contribution is -3.00. The molecule has 30 heavy (non-hydrogen) atoms. The van der Waals surface area contributed by atoms with E-state index in [4.69, 9.17) is 0 Å². The molecule has 0 spiro atoms. The largest absolute Gasteiger partial charge is 1.00 e. The molecular weight excluding hydrogens is 411 g/mol. The summed E-state index contributed by atoms with van der Waals surface area (Å²) in [6.07, 6.45) is 8.85. The van der Waals surface area contributed by atoms with Crippen LogP contribution in [0.15, 0.2) is 97.6 Å². The molecule has 2 heterocycles. The van der Waals surface area contributed by atoms with Crippen LogP contribution in [0, 0.1) is 13.8 Å². The van der Waals surface area contributed by atoms with Crippen molar-refractivity contribution < 1.29 is 33.9 Å². The van der Waals surface area contributed by atoms with Crippen LogP contribution in [0.5, 0.6) is 0 Å². The van der Waals surface area contributed by atoms with Gasteiger partial charge in [-0.05, 0) is 25.0 Å². The molecule has 0 N–H and O–H groups in total. The zero-order chi connectivity index (χ0) is 19.3. The summed E-state index contributed by atoms with van der Waals surface area (Å²) in [5, 5.41) is 0. The first kappa shape index (κ1) is 23.6. The van der Waals surface area contributed by atoms with Gasteiger partial charge in [0.1, 0.15) is 0 Å². The van der Waals surface area contributed by atoms with Crippen molar-refractivity contribution in [3.63, 3.8) is 0 Å². The molecule has 0 unspecified atom stereocenters. The Labute approximate surface area is 191 Å². The molecule has 0 amide bonds. The second-order valence-electron chi connectivity index (χ2n) is 7.40. The summed E-state index contributed by atoms with van der Waals surface area (Å²) in [5.41, 5.74) is 7.82. The van der Waals surface area contributed by atoms with Gasteiger partial charge < -0.3 is 24.8 Å². The molecule has 2 aromatic carbocycles. The molecular formula is C26H26Cl2N2. The zero-order valence-electron chi connectivity index (χ0n) is 17.3. The summed E-state index contributed by atoms with van der Waals surface area (Å²) >= 11 is 0. The summed E-state index contributed by atoms with van der Waals surface area (Å²) in [6.45, 7) is 6.18. The van der Waals surface area contributed by atoms with E-state index in [-0.39, 0.29) is 24.8 Å². The first-order valence-corrected chi connectivity index (χ1v) is 9.77. The predicted molar refractivity (Wildman–Crippen MR) is 113 cm³/mol. The molecule has 4 aromatic rings. The van der Waals surface area contributed by atoms with E-state index in [1.807, 2.05) is 0 Å². The second-order valence-corrected chi connectivity index (χ2v) is 7.40. The third kappa shape index (κ3) is 5.69. The minimum absolute atomic E-state index is 0. The molecule has 154 valence electrons. The van der Waals surface area contributed by atoms with Crippen molar-refractivity contribution in [2.75, 3.05) is 0 Å². The Balaban J connectivity index is 0.00000160. The first-order valence-electron chi connectivity index (χ1n) is 9.77. The fourth-order valence-corrected chi connectivity index (χ4v) is 3.72. The van der Waals surface area contributed by atoms with E-state index in [1.165, 1.54) is 33.4 Å².